The van der Waals surface area contributed by atoms with E-state index in [1.165, 1.54) is 10.8 Å². The Hall–Kier alpha value is -2.82. The number of aliphatic carboxylic acids is 1. The van der Waals surface area contributed by atoms with Gasteiger partial charge in [-0.25, -0.2) is 0 Å². The highest BCUT2D eigenvalue weighted by molar-refractivity contribution is 6.42. The number of rotatable bonds is 11. The molecule has 0 aliphatic heterocycles. The SMILES string of the molecule is CC(NC(=O)CCCCC(=O)O)C(/C=C/c1ccc2ccccc2c1)Cc1ccc(Cl)c(Cl)c1. The Morgan fingerprint density at radius 3 is 2.41 bits per heavy atom. The molecule has 0 aliphatic carbocycles. The summed E-state index contributed by atoms with van der Waals surface area (Å²) in [7, 11) is 0. The minimum Gasteiger partial charge on any atom is -0.481 e. The molecule has 2 N–H and O–H groups in total. The molecule has 6 heteroatoms. The summed E-state index contributed by atoms with van der Waals surface area (Å²) in [6, 6.07) is 20.0. The minimum atomic E-state index is -0.839. The van der Waals surface area contributed by atoms with Crippen molar-refractivity contribution in [3.63, 3.8) is 0 Å². The van der Waals surface area contributed by atoms with E-state index in [9.17, 15) is 9.59 Å². The molecule has 2 unspecified atom stereocenters. The van der Waals surface area contributed by atoms with Gasteiger partial charge >= 0.3 is 5.97 Å². The fourth-order valence-electron chi connectivity index (χ4n) is 3.89. The summed E-state index contributed by atoms with van der Waals surface area (Å²) >= 11 is 12.3. The molecule has 0 saturated carbocycles. The Bertz CT molecular complexity index is 1180. The van der Waals surface area contributed by atoms with E-state index in [0.29, 0.717) is 35.7 Å². The van der Waals surface area contributed by atoms with E-state index in [1.54, 1.807) is 6.07 Å². The second-order valence-corrected chi connectivity index (χ2v) is 9.35. The zero-order valence-corrected chi connectivity index (χ0v) is 20.6. The maximum Gasteiger partial charge on any atom is 0.303 e. The average Bonchev–Trinajstić information content (AvgIpc) is 2.81. The summed E-state index contributed by atoms with van der Waals surface area (Å²) < 4.78 is 0. The topological polar surface area (TPSA) is 66.4 Å². The molecule has 0 spiro atoms. The molecule has 0 heterocycles. The van der Waals surface area contributed by atoms with Crippen molar-refractivity contribution in [1.82, 2.24) is 5.32 Å². The van der Waals surface area contributed by atoms with Gasteiger partial charge in [0, 0.05) is 24.8 Å². The Balaban J connectivity index is 1.73. The van der Waals surface area contributed by atoms with Crippen LogP contribution in [0.4, 0.5) is 0 Å². The molecule has 3 rings (SSSR count). The van der Waals surface area contributed by atoms with Crippen molar-refractivity contribution in [2.45, 2.75) is 45.1 Å². The van der Waals surface area contributed by atoms with Gasteiger partial charge in [0.05, 0.1) is 10.0 Å². The molecule has 34 heavy (non-hydrogen) atoms. The summed E-state index contributed by atoms with van der Waals surface area (Å²) in [5.74, 6) is -0.892. The van der Waals surface area contributed by atoms with E-state index in [0.717, 1.165) is 11.1 Å². The number of carboxylic acids is 1. The molecule has 2 atom stereocenters. The summed E-state index contributed by atoms with van der Waals surface area (Å²) in [5.41, 5.74) is 2.12. The molecule has 1 amide bonds. The third-order valence-electron chi connectivity index (χ3n) is 5.84. The zero-order valence-electron chi connectivity index (χ0n) is 19.1. The number of halogens is 2. The second kappa shape index (κ2) is 12.6. The summed E-state index contributed by atoms with van der Waals surface area (Å²) in [6.07, 6.45) is 6.33. The van der Waals surface area contributed by atoms with Crippen molar-refractivity contribution in [2.75, 3.05) is 0 Å². The highest BCUT2D eigenvalue weighted by Gasteiger charge is 2.18. The standard InChI is InChI=1S/C28H29Cl2NO3/c1-19(31-27(32)8-4-5-9-28(33)34)23(17-21-12-15-25(29)26(30)18-21)14-11-20-10-13-22-6-2-3-7-24(22)16-20/h2-3,6-7,10-16,18-19,23H,4-5,8-9,17H2,1H3,(H,31,32)(H,33,34)/b14-11+. The van der Waals surface area contributed by atoms with Crippen LogP contribution in [0.2, 0.25) is 10.0 Å². The van der Waals surface area contributed by atoms with Gasteiger partial charge in [-0.15, -0.1) is 0 Å². The number of nitrogens with one attached hydrogen (secondary N) is 1. The largest absolute Gasteiger partial charge is 0.481 e. The van der Waals surface area contributed by atoms with Crippen LogP contribution in [0.15, 0.2) is 66.7 Å². The molecule has 4 nitrogen and oxygen atoms in total. The van der Waals surface area contributed by atoms with Crippen molar-refractivity contribution in [3.8, 4) is 0 Å². The number of hydrogen-bond donors (Lipinski definition) is 2. The highest BCUT2D eigenvalue weighted by atomic mass is 35.5. The first-order chi connectivity index (χ1) is 16.3. The molecule has 3 aromatic rings. The van der Waals surface area contributed by atoms with Gasteiger partial charge in [-0.1, -0.05) is 77.8 Å². The normalized spacial score (nSPS) is 13.1. The highest BCUT2D eigenvalue weighted by Crippen LogP contribution is 2.25. The van der Waals surface area contributed by atoms with Gasteiger partial charge in [0.25, 0.3) is 0 Å². The van der Waals surface area contributed by atoms with Crippen molar-refractivity contribution >= 4 is 51.9 Å². The van der Waals surface area contributed by atoms with Crippen LogP contribution in [0.1, 0.15) is 43.7 Å². The molecule has 0 bridgehead atoms. The quantitative estimate of drug-likeness (QED) is 0.276. The molecule has 0 aromatic heterocycles. The molecule has 178 valence electrons. The van der Waals surface area contributed by atoms with Crippen molar-refractivity contribution in [2.24, 2.45) is 5.92 Å². The third-order valence-corrected chi connectivity index (χ3v) is 6.58. The number of carboxylic acid groups (broad SMARTS) is 1. The lowest BCUT2D eigenvalue weighted by atomic mass is 9.91. The predicted molar refractivity (Wildman–Crippen MR) is 140 cm³/mol. The number of carbonyl (C=O) groups is 2. The first kappa shape index (κ1) is 25.8. The lowest BCUT2D eigenvalue weighted by molar-refractivity contribution is -0.137. The van der Waals surface area contributed by atoms with Gasteiger partial charge in [-0.05, 0) is 66.3 Å². The van der Waals surface area contributed by atoms with Crippen LogP contribution in [-0.4, -0.2) is 23.0 Å². The first-order valence-corrected chi connectivity index (χ1v) is 12.2. The Morgan fingerprint density at radius 2 is 1.68 bits per heavy atom. The lowest BCUT2D eigenvalue weighted by Gasteiger charge is -2.23. The second-order valence-electron chi connectivity index (χ2n) is 8.54. The fraction of sp³-hybridized carbons (Fsp3) is 0.286. The van der Waals surface area contributed by atoms with Crippen molar-refractivity contribution < 1.29 is 14.7 Å². The molecule has 0 aliphatic rings. The van der Waals surface area contributed by atoms with Crippen LogP contribution in [0.25, 0.3) is 16.8 Å². The van der Waals surface area contributed by atoms with Gasteiger partial charge < -0.3 is 10.4 Å². The molecular weight excluding hydrogens is 469 g/mol. The average molecular weight is 498 g/mol. The smallest absolute Gasteiger partial charge is 0.303 e. The van der Waals surface area contributed by atoms with Gasteiger partial charge in [-0.3, -0.25) is 9.59 Å². The molecule has 3 aromatic carbocycles. The van der Waals surface area contributed by atoms with Crippen LogP contribution < -0.4 is 5.32 Å². The minimum absolute atomic E-state index is 0.0201. The summed E-state index contributed by atoms with van der Waals surface area (Å²) in [5, 5.41) is 15.2. The lowest BCUT2D eigenvalue weighted by Crippen LogP contribution is -2.38. The summed E-state index contributed by atoms with van der Waals surface area (Å²) in [4.78, 5) is 23.1. The van der Waals surface area contributed by atoms with Crippen LogP contribution in [0.5, 0.6) is 0 Å². The van der Waals surface area contributed by atoms with Gasteiger partial charge in [0.1, 0.15) is 0 Å². The zero-order chi connectivity index (χ0) is 24.5. The van der Waals surface area contributed by atoms with E-state index in [2.05, 4.69) is 47.8 Å². The monoisotopic (exact) mass is 497 g/mol. The fourth-order valence-corrected chi connectivity index (χ4v) is 4.21. The van der Waals surface area contributed by atoms with Crippen molar-refractivity contribution in [1.29, 1.82) is 0 Å². The third kappa shape index (κ3) is 7.89. The maximum absolute atomic E-state index is 12.5. The van der Waals surface area contributed by atoms with Crippen LogP contribution in [0.3, 0.4) is 0 Å². The van der Waals surface area contributed by atoms with Gasteiger partial charge in [0.2, 0.25) is 5.91 Å². The van der Waals surface area contributed by atoms with E-state index in [-0.39, 0.29) is 24.3 Å². The Morgan fingerprint density at radius 1 is 0.941 bits per heavy atom. The van der Waals surface area contributed by atoms with E-state index in [4.69, 9.17) is 28.3 Å². The number of fused-ring (bicyclic) bond motifs is 1. The first-order valence-electron chi connectivity index (χ1n) is 11.4. The molecular formula is C28H29Cl2NO3. The van der Waals surface area contributed by atoms with Crippen molar-refractivity contribution in [3.05, 3.63) is 87.9 Å². The predicted octanol–water partition coefficient (Wildman–Crippen LogP) is 7.17. The number of unbranched alkanes of at least 4 members (excludes halogenated alkanes) is 1. The van der Waals surface area contributed by atoms with Crippen LogP contribution in [-0.2, 0) is 16.0 Å². The Labute approximate surface area is 210 Å². The maximum atomic E-state index is 12.5. The van der Waals surface area contributed by atoms with E-state index < -0.39 is 5.97 Å². The van der Waals surface area contributed by atoms with Crippen LogP contribution in [0, 0.1) is 5.92 Å². The van der Waals surface area contributed by atoms with Gasteiger partial charge in [-0.2, -0.15) is 0 Å². The number of carbonyl (C=O) groups excluding carboxylic acids is 1. The molecule has 0 fully saturated rings. The van der Waals surface area contributed by atoms with E-state index in [1.807, 2.05) is 31.2 Å². The summed E-state index contributed by atoms with van der Waals surface area (Å²) in [6.45, 7) is 1.99. The van der Waals surface area contributed by atoms with E-state index >= 15 is 0 Å². The Kier molecular flexibility index (Phi) is 9.55. The van der Waals surface area contributed by atoms with Gasteiger partial charge in [0.15, 0.2) is 0 Å². The number of hydrogen-bond acceptors (Lipinski definition) is 2. The molecule has 0 saturated heterocycles. The number of benzene rings is 3. The van der Waals surface area contributed by atoms with Crippen LogP contribution >= 0.6 is 23.2 Å². The molecule has 0 radical (unpaired) electrons. The number of amides is 1.